The van der Waals surface area contributed by atoms with Crippen LogP contribution in [0.1, 0.15) is 31.3 Å². The number of carbonyl (C=O) groups is 2. The van der Waals surface area contributed by atoms with Gasteiger partial charge < -0.3 is 34.1 Å². The summed E-state index contributed by atoms with van der Waals surface area (Å²) in [7, 11) is 0. The number of nitrogens with one attached hydrogen (secondary N) is 1. The second-order valence-corrected chi connectivity index (χ2v) is 8.32. The first-order chi connectivity index (χ1) is 16.4. The van der Waals surface area contributed by atoms with E-state index in [-0.39, 0.29) is 19.1 Å². The van der Waals surface area contributed by atoms with Crippen molar-refractivity contribution in [2.45, 2.75) is 63.5 Å². The molecule has 182 valence electrons. The van der Waals surface area contributed by atoms with Gasteiger partial charge in [0, 0.05) is 12.5 Å². The molecule has 34 heavy (non-hydrogen) atoms. The van der Waals surface area contributed by atoms with Crippen molar-refractivity contribution >= 4 is 11.9 Å². The first-order valence-electron chi connectivity index (χ1n) is 11.2. The molecule has 0 unspecified atom stereocenters. The first-order valence-corrected chi connectivity index (χ1v) is 11.2. The van der Waals surface area contributed by atoms with Crippen molar-refractivity contribution in [3.63, 3.8) is 0 Å². The molecule has 0 spiro atoms. The molecule has 2 aliphatic heterocycles. The van der Waals surface area contributed by atoms with E-state index >= 15 is 0 Å². The van der Waals surface area contributed by atoms with Crippen LogP contribution in [0.3, 0.4) is 0 Å². The minimum atomic E-state index is -1.14. The molecule has 0 aromatic heterocycles. The van der Waals surface area contributed by atoms with E-state index in [1.165, 1.54) is 13.8 Å². The number of carboxylic acids is 1. The van der Waals surface area contributed by atoms with Gasteiger partial charge in [-0.25, -0.2) is 4.79 Å². The normalized spacial score (nSPS) is 29.6. The van der Waals surface area contributed by atoms with E-state index in [0.29, 0.717) is 0 Å². The maximum absolute atomic E-state index is 12.1. The molecule has 9 heteroatoms. The summed E-state index contributed by atoms with van der Waals surface area (Å²) >= 11 is 0. The van der Waals surface area contributed by atoms with E-state index in [0.717, 1.165) is 11.1 Å². The minimum absolute atomic E-state index is 0.184. The van der Waals surface area contributed by atoms with E-state index in [1.807, 2.05) is 60.7 Å². The zero-order chi connectivity index (χ0) is 24.1. The molecule has 0 saturated carbocycles. The van der Waals surface area contributed by atoms with Gasteiger partial charge in [0.25, 0.3) is 0 Å². The Morgan fingerprint density at radius 2 is 1.76 bits per heavy atom. The number of ether oxygens (including phenoxy) is 5. The standard InChI is InChI=1S/C25H29NO8/c1-15(23(28)29)32-22-20(26-16(2)27)25(30-13-17-9-5-3-6-10-17)33-19-14-31-24(34-21(19)22)18-11-7-4-8-12-18/h3-12,15,19-22,24-25H,13-14H2,1-2H3,(H,26,27)(H,28,29)/t15-,19+,20-,21-,22+,24-,25+/m0/s1. The Bertz CT molecular complexity index is 956. The minimum Gasteiger partial charge on any atom is -0.479 e. The fourth-order valence-electron chi connectivity index (χ4n) is 4.09. The molecule has 2 heterocycles. The van der Waals surface area contributed by atoms with Crippen LogP contribution in [0.5, 0.6) is 0 Å². The van der Waals surface area contributed by atoms with Crippen LogP contribution < -0.4 is 5.32 Å². The Morgan fingerprint density at radius 1 is 1.09 bits per heavy atom. The van der Waals surface area contributed by atoms with Crippen molar-refractivity contribution in [3.8, 4) is 0 Å². The van der Waals surface area contributed by atoms with E-state index in [1.54, 1.807) is 0 Å². The second-order valence-electron chi connectivity index (χ2n) is 8.32. The van der Waals surface area contributed by atoms with Gasteiger partial charge in [0.15, 0.2) is 18.7 Å². The van der Waals surface area contributed by atoms with Gasteiger partial charge in [0.1, 0.15) is 24.4 Å². The summed E-state index contributed by atoms with van der Waals surface area (Å²) in [6.45, 7) is 3.22. The average molecular weight is 472 g/mol. The maximum atomic E-state index is 12.1. The number of fused-ring (bicyclic) bond motifs is 1. The van der Waals surface area contributed by atoms with Crippen LogP contribution in [-0.4, -0.2) is 60.3 Å². The van der Waals surface area contributed by atoms with Gasteiger partial charge in [-0.1, -0.05) is 60.7 Å². The van der Waals surface area contributed by atoms with Gasteiger partial charge >= 0.3 is 5.97 Å². The summed E-state index contributed by atoms with van der Waals surface area (Å²) in [5.74, 6) is -1.46. The van der Waals surface area contributed by atoms with E-state index < -0.39 is 49.0 Å². The lowest BCUT2D eigenvalue weighted by Gasteiger charge is -2.49. The van der Waals surface area contributed by atoms with Gasteiger partial charge in [0.2, 0.25) is 5.91 Å². The van der Waals surface area contributed by atoms with Crippen LogP contribution in [0.4, 0.5) is 0 Å². The van der Waals surface area contributed by atoms with Gasteiger partial charge in [0.05, 0.1) is 13.2 Å². The number of hydrogen-bond donors (Lipinski definition) is 2. The van der Waals surface area contributed by atoms with Crippen LogP contribution in [0.15, 0.2) is 60.7 Å². The fraction of sp³-hybridized carbons (Fsp3) is 0.440. The van der Waals surface area contributed by atoms with Crippen molar-refractivity contribution in [2.75, 3.05) is 6.61 Å². The Kier molecular flexibility index (Phi) is 7.91. The maximum Gasteiger partial charge on any atom is 0.332 e. The Hall–Kier alpha value is -2.82. The molecule has 2 aliphatic rings. The topological polar surface area (TPSA) is 113 Å². The van der Waals surface area contributed by atoms with Crippen LogP contribution >= 0.6 is 0 Å². The molecule has 0 radical (unpaired) electrons. The van der Waals surface area contributed by atoms with Crippen LogP contribution in [-0.2, 0) is 39.9 Å². The second kappa shape index (κ2) is 11.1. The van der Waals surface area contributed by atoms with Crippen molar-refractivity contribution in [1.29, 1.82) is 0 Å². The zero-order valence-corrected chi connectivity index (χ0v) is 19.0. The highest BCUT2D eigenvalue weighted by Crippen LogP contribution is 2.36. The van der Waals surface area contributed by atoms with Crippen molar-refractivity contribution < 1.29 is 38.4 Å². The largest absolute Gasteiger partial charge is 0.479 e. The van der Waals surface area contributed by atoms with Gasteiger partial charge in [-0.05, 0) is 12.5 Å². The van der Waals surface area contributed by atoms with E-state index in [2.05, 4.69) is 5.32 Å². The predicted octanol–water partition coefficient (Wildman–Crippen LogP) is 2.41. The molecular weight excluding hydrogens is 442 g/mol. The average Bonchev–Trinajstić information content (AvgIpc) is 2.84. The Morgan fingerprint density at radius 3 is 2.41 bits per heavy atom. The highest BCUT2D eigenvalue weighted by Gasteiger charge is 2.52. The van der Waals surface area contributed by atoms with Crippen LogP contribution in [0.25, 0.3) is 0 Å². The SMILES string of the molecule is CC(=O)N[C@@H]1[C@H](OCc2ccccc2)O[C@@H]2CO[C@H](c3ccccc3)O[C@@H]2[C@@H]1O[C@@H](C)C(=O)O. The summed E-state index contributed by atoms with van der Waals surface area (Å²) in [4.78, 5) is 23.7. The molecule has 2 fully saturated rings. The molecule has 2 aromatic rings. The number of aliphatic carboxylic acids is 1. The van der Waals surface area contributed by atoms with E-state index in [4.69, 9.17) is 23.7 Å². The summed E-state index contributed by atoms with van der Waals surface area (Å²) in [5.41, 5.74) is 1.73. The summed E-state index contributed by atoms with van der Waals surface area (Å²) in [6.07, 6.45) is -4.87. The van der Waals surface area contributed by atoms with Crippen molar-refractivity contribution in [2.24, 2.45) is 0 Å². The van der Waals surface area contributed by atoms with Crippen molar-refractivity contribution in [3.05, 3.63) is 71.8 Å². The number of carboxylic acid groups (broad SMARTS) is 1. The highest BCUT2D eigenvalue weighted by atomic mass is 16.8. The fourth-order valence-corrected chi connectivity index (χ4v) is 4.09. The molecule has 0 aliphatic carbocycles. The molecule has 1 amide bonds. The molecule has 0 bridgehead atoms. The third-order valence-corrected chi connectivity index (χ3v) is 5.75. The van der Waals surface area contributed by atoms with Gasteiger partial charge in [-0.15, -0.1) is 0 Å². The quantitative estimate of drug-likeness (QED) is 0.604. The number of amides is 1. The lowest BCUT2D eigenvalue weighted by atomic mass is 9.95. The Balaban J connectivity index is 1.59. The third kappa shape index (κ3) is 5.81. The number of benzene rings is 2. The lowest BCUT2D eigenvalue weighted by molar-refractivity contribution is -0.351. The smallest absolute Gasteiger partial charge is 0.332 e. The van der Waals surface area contributed by atoms with Crippen molar-refractivity contribution in [1.82, 2.24) is 5.32 Å². The summed E-state index contributed by atoms with van der Waals surface area (Å²) in [6, 6.07) is 18.1. The van der Waals surface area contributed by atoms with E-state index in [9.17, 15) is 14.7 Å². The molecule has 4 rings (SSSR count). The summed E-state index contributed by atoms with van der Waals surface area (Å²) in [5, 5.41) is 12.3. The third-order valence-electron chi connectivity index (χ3n) is 5.75. The molecular formula is C25H29NO8. The molecule has 2 saturated heterocycles. The lowest BCUT2D eigenvalue weighted by Crippen LogP contribution is -2.67. The first kappa shape index (κ1) is 24.3. The monoisotopic (exact) mass is 471 g/mol. The predicted molar refractivity (Wildman–Crippen MR) is 119 cm³/mol. The number of carbonyl (C=O) groups excluding carboxylic acids is 1. The molecule has 7 atom stereocenters. The Labute approximate surface area is 197 Å². The zero-order valence-electron chi connectivity index (χ0n) is 19.0. The van der Waals surface area contributed by atoms with Crippen LogP contribution in [0.2, 0.25) is 0 Å². The van der Waals surface area contributed by atoms with Gasteiger partial charge in [-0.2, -0.15) is 0 Å². The highest BCUT2D eigenvalue weighted by molar-refractivity contribution is 5.73. The molecule has 2 aromatic carbocycles. The molecule has 9 nitrogen and oxygen atoms in total. The summed E-state index contributed by atoms with van der Waals surface area (Å²) < 4.78 is 30.3. The number of hydrogen-bond acceptors (Lipinski definition) is 7. The van der Waals surface area contributed by atoms with Gasteiger partial charge in [-0.3, -0.25) is 4.79 Å². The molecule has 2 N–H and O–H groups in total. The number of rotatable bonds is 8. The van der Waals surface area contributed by atoms with Crippen LogP contribution in [0, 0.1) is 0 Å².